The van der Waals surface area contributed by atoms with Crippen LogP contribution in [0, 0.1) is 5.92 Å². The first kappa shape index (κ1) is 26.6. The van der Waals surface area contributed by atoms with E-state index in [2.05, 4.69) is 24.8 Å². The first-order valence-corrected chi connectivity index (χ1v) is 12.5. The largest absolute Gasteiger partial charge is 0.463 e. The minimum absolute atomic E-state index is 0.0953. The van der Waals surface area contributed by atoms with Crippen LogP contribution in [-0.4, -0.2) is 50.6 Å². The number of carbonyl (C=O) groups is 2. The molecule has 182 valence electrons. The number of allylic oxidation sites excluding steroid dienone is 3. The SMILES string of the molecule is C=CC(C/C=C/CCCCCCCC(=O)OCC1CO1)CCCCCC(=O)OCC1CO1. The molecule has 0 aromatic carbocycles. The van der Waals surface area contributed by atoms with E-state index in [0.717, 1.165) is 64.6 Å². The molecule has 2 saturated heterocycles. The fourth-order valence-corrected chi connectivity index (χ4v) is 3.48. The van der Waals surface area contributed by atoms with Gasteiger partial charge in [-0.05, 0) is 44.4 Å². The van der Waals surface area contributed by atoms with Gasteiger partial charge in [-0.1, -0.05) is 50.3 Å². The molecule has 2 heterocycles. The third kappa shape index (κ3) is 15.2. The predicted octanol–water partition coefficient (Wildman–Crippen LogP) is 5.30. The van der Waals surface area contributed by atoms with Gasteiger partial charge in [0.2, 0.25) is 0 Å². The number of epoxide rings is 2. The minimum atomic E-state index is -0.106. The van der Waals surface area contributed by atoms with Crippen molar-refractivity contribution in [2.24, 2.45) is 5.92 Å². The highest BCUT2D eigenvalue weighted by Gasteiger charge is 2.24. The van der Waals surface area contributed by atoms with Crippen molar-refractivity contribution >= 4 is 11.9 Å². The van der Waals surface area contributed by atoms with Gasteiger partial charge >= 0.3 is 11.9 Å². The minimum Gasteiger partial charge on any atom is -0.463 e. The number of unbranched alkanes of at least 4 members (excludes halogenated alkanes) is 7. The molecule has 0 aliphatic carbocycles. The number of rotatable bonds is 21. The Bertz CT molecular complexity index is 565. The summed E-state index contributed by atoms with van der Waals surface area (Å²) >= 11 is 0. The van der Waals surface area contributed by atoms with Gasteiger partial charge in [0.15, 0.2) is 0 Å². The monoisotopic (exact) mass is 450 g/mol. The summed E-state index contributed by atoms with van der Waals surface area (Å²) in [5, 5.41) is 0. The van der Waals surface area contributed by atoms with Crippen LogP contribution in [0.25, 0.3) is 0 Å². The van der Waals surface area contributed by atoms with Gasteiger partial charge in [-0.25, -0.2) is 0 Å². The molecule has 0 bridgehead atoms. The molecule has 0 aromatic heterocycles. The van der Waals surface area contributed by atoms with E-state index in [0.29, 0.717) is 32.0 Å². The highest BCUT2D eigenvalue weighted by Crippen LogP contribution is 2.17. The number of esters is 2. The van der Waals surface area contributed by atoms with Crippen LogP contribution in [0.2, 0.25) is 0 Å². The van der Waals surface area contributed by atoms with Crippen LogP contribution in [0.4, 0.5) is 0 Å². The van der Waals surface area contributed by atoms with Gasteiger partial charge in [0, 0.05) is 12.8 Å². The third-order valence-electron chi connectivity index (χ3n) is 5.81. The summed E-state index contributed by atoms with van der Waals surface area (Å²) in [6.07, 6.45) is 19.9. The third-order valence-corrected chi connectivity index (χ3v) is 5.81. The van der Waals surface area contributed by atoms with Crippen LogP contribution >= 0.6 is 0 Å². The zero-order valence-corrected chi connectivity index (χ0v) is 19.6. The second-order valence-corrected chi connectivity index (χ2v) is 8.89. The van der Waals surface area contributed by atoms with E-state index in [1.807, 2.05) is 0 Å². The molecule has 6 heteroatoms. The number of carbonyl (C=O) groups excluding carboxylic acids is 2. The lowest BCUT2D eigenvalue weighted by atomic mass is 9.97. The molecule has 32 heavy (non-hydrogen) atoms. The highest BCUT2D eigenvalue weighted by atomic mass is 16.6. The van der Waals surface area contributed by atoms with Crippen molar-refractivity contribution in [1.29, 1.82) is 0 Å². The molecule has 0 amide bonds. The molecule has 2 rings (SSSR count). The first-order chi connectivity index (χ1) is 15.7. The van der Waals surface area contributed by atoms with E-state index in [9.17, 15) is 9.59 Å². The van der Waals surface area contributed by atoms with E-state index < -0.39 is 0 Å². The van der Waals surface area contributed by atoms with Crippen molar-refractivity contribution in [3.8, 4) is 0 Å². The molecular weight excluding hydrogens is 408 g/mol. The van der Waals surface area contributed by atoms with Crippen LogP contribution in [0.3, 0.4) is 0 Å². The normalized spacial score (nSPS) is 20.1. The lowest BCUT2D eigenvalue weighted by Crippen LogP contribution is -2.09. The van der Waals surface area contributed by atoms with E-state index >= 15 is 0 Å². The van der Waals surface area contributed by atoms with Crippen molar-refractivity contribution in [3.05, 3.63) is 24.8 Å². The molecular formula is C26H42O6. The maximum Gasteiger partial charge on any atom is 0.305 e. The zero-order chi connectivity index (χ0) is 22.9. The molecule has 6 nitrogen and oxygen atoms in total. The van der Waals surface area contributed by atoms with Crippen molar-refractivity contribution in [3.63, 3.8) is 0 Å². The van der Waals surface area contributed by atoms with Crippen molar-refractivity contribution < 1.29 is 28.5 Å². The molecule has 0 saturated carbocycles. The number of hydrogen-bond acceptors (Lipinski definition) is 6. The second kappa shape index (κ2) is 16.9. The fourth-order valence-electron chi connectivity index (χ4n) is 3.48. The molecule has 0 radical (unpaired) electrons. The molecule has 0 aromatic rings. The van der Waals surface area contributed by atoms with Gasteiger partial charge in [0.05, 0.1) is 13.2 Å². The van der Waals surface area contributed by atoms with E-state index in [1.165, 1.54) is 19.3 Å². The Labute approximate surface area is 193 Å². The second-order valence-electron chi connectivity index (χ2n) is 8.89. The van der Waals surface area contributed by atoms with Crippen LogP contribution in [0.15, 0.2) is 24.8 Å². The summed E-state index contributed by atoms with van der Waals surface area (Å²) in [4.78, 5) is 23.1. The Hall–Kier alpha value is -1.66. The van der Waals surface area contributed by atoms with Crippen LogP contribution in [-0.2, 0) is 28.5 Å². The molecule has 3 atom stereocenters. The Kier molecular flexibility index (Phi) is 14.0. The van der Waals surface area contributed by atoms with Gasteiger partial charge in [0.25, 0.3) is 0 Å². The van der Waals surface area contributed by atoms with Crippen molar-refractivity contribution in [1.82, 2.24) is 0 Å². The lowest BCUT2D eigenvalue weighted by Gasteiger charge is -2.09. The molecule has 0 N–H and O–H groups in total. The lowest BCUT2D eigenvalue weighted by molar-refractivity contribution is -0.145. The summed E-state index contributed by atoms with van der Waals surface area (Å²) in [5.41, 5.74) is 0. The summed E-state index contributed by atoms with van der Waals surface area (Å²) in [5.74, 6) is 0.309. The summed E-state index contributed by atoms with van der Waals surface area (Å²) in [6.45, 7) is 6.26. The Balaban J connectivity index is 1.33. The summed E-state index contributed by atoms with van der Waals surface area (Å²) in [6, 6.07) is 0. The topological polar surface area (TPSA) is 77.7 Å². The molecule has 0 spiro atoms. The van der Waals surface area contributed by atoms with Gasteiger partial charge < -0.3 is 18.9 Å². The Morgan fingerprint density at radius 3 is 1.91 bits per heavy atom. The standard InChI is InChI=1S/C26H42O6/c1-2-22(15-11-9-13-17-26(28)32-21-24-19-30-24)14-10-7-5-3-4-6-8-12-16-25(27)31-20-23-18-29-23/h2,7,10,22-24H,1,3-6,8-9,11-21H2/b10-7+. The summed E-state index contributed by atoms with van der Waals surface area (Å²) < 4.78 is 20.3. The smallest absolute Gasteiger partial charge is 0.305 e. The fraction of sp³-hybridized carbons (Fsp3) is 0.769. The first-order valence-electron chi connectivity index (χ1n) is 12.5. The van der Waals surface area contributed by atoms with Gasteiger partial charge in [0.1, 0.15) is 25.4 Å². The molecule has 2 aliphatic heterocycles. The summed E-state index contributed by atoms with van der Waals surface area (Å²) in [7, 11) is 0. The quantitative estimate of drug-likeness (QED) is 0.102. The predicted molar refractivity (Wildman–Crippen MR) is 124 cm³/mol. The van der Waals surface area contributed by atoms with Crippen LogP contribution in [0.5, 0.6) is 0 Å². The molecule has 2 fully saturated rings. The number of hydrogen-bond donors (Lipinski definition) is 0. The van der Waals surface area contributed by atoms with E-state index in [1.54, 1.807) is 0 Å². The Morgan fingerprint density at radius 1 is 0.812 bits per heavy atom. The molecule has 2 aliphatic rings. The number of ether oxygens (including phenoxy) is 4. The van der Waals surface area contributed by atoms with E-state index in [4.69, 9.17) is 18.9 Å². The maximum absolute atomic E-state index is 11.6. The average Bonchev–Trinajstić information content (AvgIpc) is 3.70. The maximum atomic E-state index is 11.6. The van der Waals surface area contributed by atoms with E-state index in [-0.39, 0.29) is 24.1 Å². The van der Waals surface area contributed by atoms with Crippen LogP contribution < -0.4 is 0 Å². The van der Waals surface area contributed by atoms with Gasteiger partial charge in [-0.15, -0.1) is 6.58 Å². The Morgan fingerprint density at radius 2 is 1.34 bits per heavy atom. The van der Waals surface area contributed by atoms with Crippen molar-refractivity contribution in [2.45, 2.75) is 95.7 Å². The van der Waals surface area contributed by atoms with Gasteiger partial charge in [-0.2, -0.15) is 0 Å². The van der Waals surface area contributed by atoms with Crippen molar-refractivity contribution in [2.75, 3.05) is 26.4 Å². The van der Waals surface area contributed by atoms with Crippen LogP contribution in [0.1, 0.15) is 83.5 Å². The highest BCUT2D eigenvalue weighted by molar-refractivity contribution is 5.69. The zero-order valence-electron chi connectivity index (χ0n) is 19.6. The molecule has 3 unspecified atom stereocenters. The average molecular weight is 451 g/mol. The van der Waals surface area contributed by atoms with Gasteiger partial charge in [-0.3, -0.25) is 9.59 Å².